The molecule has 1 aliphatic rings. The maximum Gasteiger partial charge on any atom is 0.0575 e. The van der Waals surface area contributed by atoms with E-state index < -0.39 is 0 Å². The van der Waals surface area contributed by atoms with Crippen LogP contribution in [0.15, 0.2) is 0 Å². The first kappa shape index (κ1) is 14.0. The van der Waals surface area contributed by atoms with Gasteiger partial charge in [-0.3, -0.25) is 0 Å². The summed E-state index contributed by atoms with van der Waals surface area (Å²) in [6.07, 6.45) is 3.67. The molecule has 0 bridgehead atoms. The quantitative estimate of drug-likeness (QED) is 0.798. The van der Waals surface area contributed by atoms with Crippen LogP contribution in [-0.4, -0.2) is 35.7 Å². The van der Waals surface area contributed by atoms with Gasteiger partial charge in [-0.2, -0.15) is 0 Å². The van der Waals surface area contributed by atoms with Crippen molar-refractivity contribution in [1.29, 1.82) is 0 Å². The Balaban J connectivity index is 2.43. The molecule has 0 aromatic heterocycles. The monoisotopic (exact) mass is 227 g/mol. The Hall–Kier alpha value is -0.0800. The summed E-state index contributed by atoms with van der Waals surface area (Å²) in [6.45, 7) is 14.3. The van der Waals surface area contributed by atoms with Crippen LogP contribution in [0, 0.1) is 10.8 Å². The molecule has 96 valence electrons. The minimum Gasteiger partial charge on any atom is -0.393 e. The zero-order valence-electron chi connectivity index (χ0n) is 11.7. The lowest BCUT2D eigenvalue weighted by Crippen LogP contribution is -2.45. The first-order valence-corrected chi connectivity index (χ1v) is 6.69. The average Bonchev–Trinajstić information content (AvgIpc) is 2.21. The molecule has 1 heterocycles. The van der Waals surface area contributed by atoms with E-state index in [0.717, 1.165) is 6.54 Å². The van der Waals surface area contributed by atoms with Crippen molar-refractivity contribution in [2.45, 2.75) is 60.0 Å². The van der Waals surface area contributed by atoms with E-state index in [9.17, 15) is 5.11 Å². The zero-order valence-corrected chi connectivity index (χ0v) is 11.7. The third-order valence-electron chi connectivity index (χ3n) is 4.68. The van der Waals surface area contributed by atoms with Gasteiger partial charge in [0, 0.05) is 12.0 Å². The molecule has 0 aromatic carbocycles. The fourth-order valence-electron chi connectivity index (χ4n) is 2.31. The molecule has 16 heavy (non-hydrogen) atoms. The lowest BCUT2D eigenvalue weighted by Gasteiger charge is -2.42. The molecule has 0 saturated carbocycles. The van der Waals surface area contributed by atoms with Crippen LogP contribution in [0.1, 0.15) is 53.9 Å². The maximum atomic E-state index is 9.73. The highest BCUT2D eigenvalue weighted by atomic mass is 16.3. The first-order valence-electron chi connectivity index (χ1n) is 6.69. The smallest absolute Gasteiger partial charge is 0.0575 e. The number of aliphatic hydroxyl groups is 1. The lowest BCUT2D eigenvalue weighted by molar-refractivity contribution is 0.0146. The van der Waals surface area contributed by atoms with Crippen LogP contribution in [-0.2, 0) is 0 Å². The van der Waals surface area contributed by atoms with Crippen LogP contribution < -0.4 is 0 Å². The fourth-order valence-corrected chi connectivity index (χ4v) is 2.31. The van der Waals surface area contributed by atoms with Gasteiger partial charge in [0.25, 0.3) is 0 Å². The minimum absolute atomic E-state index is 0.0138. The number of rotatable bonds is 4. The van der Waals surface area contributed by atoms with E-state index >= 15 is 0 Å². The van der Waals surface area contributed by atoms with Crippen molar-refractivity contribution in [3.8, 4) is 0 Å². The Kier molecular flexibility index (Phi) is 4.42. The molecule has 1 N–H and O–H groups in total. The van der Waals surface area contributed by atoms with Gasteiger partial charge in [0.05, 0.1) is 6.10 Å². The fraction of sp³-hybridized carbons (Fsp3) is 1.00. The second-order valence-electron chi connectivity index (χ2n) is 6.60. The molecule has 0 amide bonds. The topological polar surface area (TPSA) is 23.5 Å². The molecule has 0 aliphatic carbocycles. The van der Waals surface area contributed by atoms with Crippen LogP contribution in [0.5, 0.6) is 0 Å². The second kappa shape index (κ2) is 5.05. The highest BCUT2D eigenvalue weighted by Crippen LogP contribution is 2.35. The van der Waals surface area contributed by atoms with Gasteiger partial charge < -0.3 is 10.0 Å². The number of nitrogens with zero attached hydrogens (tertiary/aromatic N) is 1. The van der Waals surface area contributed by atoms with E-state index in [1.54, 1.807) is 0 Å². The first-order chi connectivity index (χ1) is 7.29. The summed E-state index contributed by atoms with van der Waals surface area (Å²) in [5.74, 6) is 0. The summed E-state index contributed by atoms with van der Waals surface area (Å²) in [5.41, 5.74) is 0.575. The lowest BCUT2D eigenvalue weighted by atomic mass is 9.77. The summed E-state index contributed by atoms with van der Waals surface area (Å²) < 4.78 is 0. The molecular formula is C14H29NO. The van der Waals surface area contributed by atoms with Crippen LogP contribution in [0.3, 0.4) is 0 Å². The molecule has 2 heteroatoms. The van der Waals surface area contributed by atoms with Crippen molar-refractivity contribution in [2.24, 2.45) is 10.8 Å². The molecule has 0 aromatic rings. The molecule has 2 nitrogen and oxygen atoms in total. The largest absolute Gasteiger partial charge is 0.393 e. The van der Waals surface area contributed by atoms with Crippen molar-refractivity contribution in [3.05, 3.63) is 0 Å². The van der Waals surface area contributed by atoms with Crippen molar-refractivity contribution in [2.75, 3.05) is 19.6 Å². The van der Waals surface area contributed by atoms with Gasteiger partial charge >= 0.3 is 0 Å². The van der Waals surface area contributed by atoms with Gasteiger partial charge in [-0.05, 0) is 38.3 Å². The molecule has 1 rings (SSSR count). The van der Waals surface area contributed by atoms with E-state index in [2.05, 4.69) is 32.6 Å². The summed E-state index contributed by atoms with van der Waals surface area (Å²) >= 11 is 0. The minimum atomic E-state index is -0.230. The maximum absolute atomic E-state index is 9.73. The summed E-state index contributed by atoms with van der Waals surface area (Å²) in [7, 11) is 0. The number of hydrogen-bond acceptors (Lipinski definition) is 2. The Morgan fingerprint density at radius 2 is 1.81 bits per heavy atom. The predicted molar refractivity (Wildman–Crippen MR) is 69.5 cm³/mol. The summed E-state index contributed by atoms with van der Waals surface area (Å²) in [4.78, 5) is 2.52. The molecule has 0 spiro atoms. The van der Waals surface area contributed by atoms with Gasteiger partial charge in [0.2, 0.25) is 0 Å². The van der Waals surface area contributed by atoms with Crippen LogP contribution >= 0.6 is 0 Å². The SMILES string of the molecule is CCC1(C)CCN(CC(C)(C)C(C)O)CC1. The standard InChI is InChI=1S/C14H29NO/c1-6-14(5)7-9-15(10-8-14)11-13(3,4)12(2)16/h12,16H,6-11H2,1-5H3. The Bertz CT molecular complexity index is 215. The van der Waals surface area contributed by atoms with E-state index in [1.807, 2.05) is 6.92 Å². The second-order valence-corrected chi connectivity index (χ2v) is 6.60. The Labute approximate surface area is 101 Å². The third kappa shape index (κ3) is 3.46. The number of aliphatic hydroxyl groups excluding tert-OH is 1. The highest BCUT2D eigenvalue weighted by molar-refractivity contribution is 4.85. The molecule has 1 fully saturated rings. The van der Waals surface area contributed by atoms with Gasteiger partial charge in [0.1, 0.15) is 0 Å². The highest BCUT2D eigenvalue weighted by Gasteiger charge is 2.32. The van der Waals surface area contributed by atoms with Crippen LogP contribution in [0.2, 0.25) is 0 Å². The van der Waals surface area contributed by atoms with Crippen molar-refractivity contribution in [3.63, 3.8) is 0 Å². The molecule has 0 radical (unpaired) electrons. The molecule has 1 atom stereocenters. The Morgan fingerprint density at radius 3 is 2.19 bits per heavy atom. The molecular weight excluding hydrogens is 198 g/mol. The van der Waals surface area contributed by atoms with Crippen molar-refractivity contribution < 1.29 is 5.11 Å². The predicted octanol–water partition coefficient (Wildman–Crippen LogP) is 2.91. The van der Waals surface area contributed by atoms with Gasteiger partial charge in [-0.25, -0.2) is 0 Å². The van der Waals surface area contributed by atoms with Crippen molar-refractivity contribution in [1.82, 2.24) is 4.90 Å². The number of piperidine rings is 1. The normalized spacial score (nSPS) is 24.4. The molecule has 1 aliphatic heterocycles. The van der Waals surface area contributed by atoms with Gasteiger partial charge in [0.15, 0.2) is 0 Å². The molecule has 1 saturated heterocycles. The van der Waals surface area contributed by atoms with Crippen LogP contribution in [0.25, 0.3) is 0 Å². The molecule has 1 unspecified atom stereocenters. The van der Waals surface area contributed by atoms with Crippen LogP contribution in [0.4, 0.5) is 0 Å². The van der Waals surface area contributed by atoms with E-state index in [4.69, 9.17) is 0 Å². The summed E-state index contributed by atoms with van der Waals surface area (Å²) in [5, 5.41) is 9.73. The van der Waals surface area contributed by atoms with Gasteiger partial charge in [-0.15, -0.1) is 0 Å². The number of hydrogen-bond donors (Lipinski definition) is 1. The summed E-state index contributed by atoms with van der Waals surface area (Å²) in [6, 6.07) is 0. The van der Waals surface area contributed by atoms with E-state index in [1.165, 1.54) is 32.4 Å². The number of likely N-dealkylation sites (tertiary alicyclic amines) is 1. The average molecular weight is 227 g/mol. The van der Waals surface area contributed by atoms with Gasteiger partial charge in [-0.1, -0.05) is 34.1 Å². The van der Waals surface area contributed by atoms with E-state index in [-0.39, 0.29) is 11.5 Å². The van der Waals surface area contributed by atoms with E-state index in [0.29, 0.717) is 5.41 Å². The Morgan fingerprint density at radius 1 is 1.31 bits per heavy atom. The zero-order chi connectivity index (χ0) is 12.4. The van der Waals surface area contributed by atoms with Crippen molar-refractivity contribution >= 4 is 0 Å². The third-order valence-corrected chi connectivity index (χ3v) is 4.68.